The first-order valence-electron chi connectivity index (χ1n) is 3.48. The molecule has 0 spiro atoms. The molecule has 0 bridgehead atoms. The van der Waals surface area contributed by atoms with Crippen LogP contribution in [0.15, 0.2) is 0 Å². The van der Waals surface area contributed by atoms with Gasteiger partial charge in [0.1, 0.15) is 0 Å². The van der Waals surface area contributed by atoms with E-state index in [1.165, 1.54) is 0 Å². The van der Waals surface area contributed by atoms with Gasteiger partial charge >= 0.3 is 0 Å². The molecule has 0 amide bonds. The van der Waals surface area contributed by atoms with Gasteiger partial charge in [0.25, 0.3) is 0 Å². The van der Waals surface area contributed by atoms with E-state index >= 15 is 0 Å². The van der Waals surface area contributed by atoms with Gasteiger partial charge in [0.15, 0.2) is 0 Å². The van der Waals surface area contributed by atoms with E-state index in [1.54, 1.807) is 7.11 Å². The molecule has 3 heteroatoms. The fourth-order valence-corrected chi connectivity index (χ4v) is 0.680. The van der Waals surface area contributed by atoms with Gasteiger partial charge in [0.05, 0.1) is 6.61 Å². The summed E-state index contributed by atoms with van der Waals surface area (Å²) >= 11 is 4.35. The summed E-state index contributed by atoms with van der Waals surface area (Å²) in [5, 5.41) is 3.22. The van der Waals surface area contributed by atoms with E-state index in [9.17, 15) is 0 Å². The molecule has 1 N–H and O–H groups in total. The second-order valence-electron chi connectivity index (χ2n) is 2.98. The summed E-state index contributed by atoms with van der Waals surface area (Å²) < 4.78 is 4.95. The third kappa shape index (κ3) is 8.27. The lowest BCUT2D eigenvalue weighted by Gasteiger charge is -2.17. The van der Waals surface area contributed by atoms with Crippen molar-refractivity contribution in [2.45, 2.75) is 18.6 Å². The average Bonchev–Trinajstić information content (AvgIpc) is 1.78. The highest BCUT2D eigenvalue weighted by Crippen LogP contribution is 2.08. The lowest BCUT2D eigenvalue weighted by Crippen LogP contribution is -2.32. The average molecular weight is 163 g/mol. The van der Waals surface area contributed by atoms with E-state index in [2.05, 4.69) is 31.8 Å². The second kappa shape index (κ2) is 4.99. The molecule has 0 radical (unpaired) electrons. The van der Waals surface area contributed by atoms with E-state index < -0.39 is 0 Å². The molecule has 0 saturated carbocycles. The molecule has 0 aliphatic rings. The van der Waals surface area contributed by atoms with Crippen molar-refractivity contribution < 1.29 is 4.74 Å². The van der Waals surface area contributed by atoms with E-state index in [0.29, 0.717) is 0 Å². The van der Waals surface area contributed by atoms with Crippen molar-refractivity contribution in [3.8, 4) is 0 Å². The molecule has 0 aromatic rings. The lowest BCUT2D eigenvalue weighted by atomic mass is 10.2. The van der Waals surface area contributed by atoms with Gasteiger partial charge in [-0.05, 0) is 13.8 Å². The Hall–Kier alpha value is 0.270. The topological polar surface area (TPSA) is 21.3 Å². The van der Waals surface area contributed by atoms with Crippen molar-refractivity contribution in [2.75, 3.05) is 26.8 Å². The summed E-state index contributed by atoms with van der Waals surface area (Å²) in [5.74, 6) is 0. The predicted molar refractivity (Wildman–Crippen MR) is 47.8 cm³/mol. The van der Waals surface area contributed by atoms with Gasteiger partial charge in [-0.2, -0.15) is 12.6 Å². The third-order valence-corrected chi connectivity index (χ3v) is 1.20. The highest BCUT2D eigenvalue weighted by Gasteiger charge is 2.08. The standard InChI is InChI=1S/C7H17NOS/c1-7(2,10)6-8-4-5-9-3/h8,10H,4-6H2,1-3H3. The molecule has 0 heterocycles. The Labute approximate surface area is 68.7 Å². The molecule has 0 rings (SSSR count). The van der Waals surface area contributed by atoms with E-state index in [0.717, 1.165) is 19.7 Å². The van der Waals surface area contributed by atoms with Gasteiger partial charge < -0.3 is 10.1 Å². The Bertz CT molecular complexity index is 80.2. The molecular weight excluding hydrogens is 146 g/mol. The number of ether oxygens (including phenoxy) is 1. The first-order valence-corrected chi connectivity index (χ1v) is 3.93. The van der Waals surface area contributed by atoms with Crippen molar-refractivity contribution in [1.82, 2.24) is 5.32 Å². The summed E-state index contributed by atoms with van der Waals surface area (Å²) in [6.07, 6.45) is 0. The summed E-state index contributed by atoms with van der Waals surface area (Å²) in [7, 11) is 1.70. The molecule has 0 aliphatic carbocycles. The normalized spacial score (nSPS) is 12.0. The van der Waals surface area contributed by atoms with E-state index in [-0.39, 0.29) is 4.75 Å². The molecule has 0 atom stereocenters. The fraction of sp³-hybridized carbons (Fsp3) is 1.00. The van der Waals surface area contributed by atoms with Crippen LogP contribution in [0.25, 0.3) is 0 Å². The van der Waals surface area contributed by atoms with Gasteiger partial charge in [-0.3, -0.25) is 0 Å². The van der Waals surface area contributed by atoms with Crippen molar-refractivity contribution in [1.29, 1.82) is 0 Å². The van der Waals surface area contributed by atoms with Crippen molar-refractivity contribution in [2.24, 2.45) is 0 Å². The predicted octanol–water partition coefficient (Wildman–Crippen LogP) is 0.931. The maximum atomic E-state index is 4.87. The van der Waals surface area contributed by atoms with E-state index in [4.69, 9.17) is 4.74 Å². The second-order valence-corrected chi connectivity index (χ2v) is 4.19. The highest BCUT2D eigenvalue weighted by atomic mass is 32.1. The summed E-state index contributed by atoms with van der Waals surface area (Å²) in [5.41, 5.74) is 0. The number of thiol groups is 1. The largest absolute Gasteiger partial charge is 0.383 e. The SMILES string of the molecule is COCCNCC(C)(C)S. The zero-order valence-electron chi connectivity index (χ0n) is 6.98. The number of nitrogens with one attached hydrogen (secondary N) is 1. The Kier molecular flexibility index (Phi) is 5.13. The first kappa shape index (κ1) is 10.3. The Balaban J connectivity index is 3.04. The zero-order chi connectivity index (χ0) is 8.04. The molecule has 2 nitrogen and oxygen atoms in total. The van der Waals surface area contributed by atoms with Crippen molar-refractivity contribution >= 4 is 12.6 Å². The van der Waals surface area contributed by atoms with Crippen LogP contribution < -0.4 is 5.32 Å². The molecule has 0 unspecified atom stereocenters. The molecule has 0 saturated heterocycles. The van der Waals surface area contributed by atoms with Crippen molar-refractivity contribution in [3.05, 3.63) is 0 Å². The van der Waals surface area contributed by atoms with E-state index in [1.807, 2.05) is 0 Å². The Morgan fingerprint density at radius 3 is 2.50 bits per heavy atom. The van der Waals surface area contributed by atoms with Gasteiger partial charge in [0, 0.05) is 24.9 Å². The smallest absolute Gasteiger partial charge is 0.0587 e. The fourth-order valence-electron chi connectivity index (χ4n) is 0.569. The molecule has 0 aromatic heterocycles. The molecule has 0 aromatic carbocycles. The quantitative estimate of drug-likeness (QED) is 0.465. The maximum absolute atomic E-state index is 4.87. The van der Waals surface area contributed by atoms with Crippen LogP contribution in [0.5, 0.6) is 0 Å². The van der Waals surface area contributed by atoms with Gasteiger partial charge in [0.2, 0.25) is 0 Å². The first-order chi connectivity index (χ1) is 4.56. The Morgan fingerprint density at radius 2 is 2.10 bits per heavy atom. The van der Waals surface area contributed by atoms with Crippen LogP contribution in [0.1, 0.15) is 13.8 Å². The third-order valence-electron chi connectivity index (χ3n) is 1.04. The number of hydrogen-bond donors (Lipinski definition) is 2. The molecular formula is C7H17NOS. The summed E-state index contributed by atoms with van der Waals surface area (Å²) in [6, 6.07) is 0. The monoisotopic (exact) mass is 163 g/mol. The lowest BCUT2D eigenvalue weighted by molar-refractivity contribution is 0.199. The molecule has 0 fully saturated rings. The minimum Gasteiger partial charge on any atom is -0.383 e. The number of hydrogen-bond acceptors (Lipinski definition) is 3. The Morgan fingerprint density at radius 1 is 1.50 bits per heavy atom. The van der Waals surface area contributed by atoms with Crippen LogP contribution in [-0.4, -0.2) is 31.6 Å². The maximum Gasteiger partial charge on any atom is 0.0587 e. The summed E-state index contributed by atoms with van der Waals surface area (Å²) in [6.45, 7) is 6.75. The highest BCUT2D eigenvalue weighted by molar-refractivity contribution is 7.81. The minimum absolute atomic E-state index is 0.0771. The number of rotatable bonds is 5. The van der Waals surface area contributed by atoms with Crippen LogP contribution in [-0.2, 0) is 4.74 Å². The number of methoxy groups -OCH3 is 1. The van der Waals surface area contributed by atoms with Gasteiger partial charge in [-0.15, -0.1) is 0 Å². The van der Waals surface area contributed by atoms with Crippen LogP contribution in [0, 0.1) is 0 Å². The zero-order valence-corrected chi connectivity index (χ0v) is 7.87. The molecule has 10 heavy (non-hydrogen) atoms. The van der Waals surface area contributed by atoms with Crippen molar-refractivity contribution in [3.63, 3.8) is 0 Å². The molecule has 62 valence electrons. The van der Waals surface area contributed by atoms with Crippen LogP contribution in [0.2, 0.25) is 0 Å². The van der Waals surface area contributed by atoms with Gasteiger partial charge in [-0.25, -0.2) is 0 Å². The van der Waals surface area contributed by atoms with Gasteiger partial charge in [-0.1, -0.05) is 0 Å². The van der Waals surface area contributed by atoms with Crippen LogP contribution in [0.3, 0.4) is 0 Å². The van der Waals surface area contributed by atoms with Crippen LogP contribution in [0.4, 0.5) is 0 Å². The van der Waals surface area contributed by atoms with Crippen LogP contribution >= 0.6 is 12.6 Å². The summed E-state index contributed by atoms with van der Waals surface area (Å²) in [4.78, 5) is 0. The molecule has 0 aliphatic heterocycles. The minimum atomic E-state index is 0.0771.